The van der Waals surface area contributed by atoms with E-state index < -0.39 is 0 Å². The van der Waals surface area contributed by atoms with E-state index in [9.17, 15) is 0 Å². The molecule has 3 aromatic rings. The van der Waals surface area contributed by atoms with Crippen LogP contribution in [0.3, 0.4) is 0 Å². The van der Waals surface area contributed by atoms with Gasteiger partial charge in [0.15, 0.2) is 11.5 Å². The van der Waals surface area contributed by atoms with Gasteiger partial charge in [-0.1, -0.05) is 0 Å². The zero-order chi connectivity index (χ0) is 17.3. The molecule has 1 atom stereocenters. The number of nitrogens with zero attached hydrogens (tertiary/aromatic N) is 7. The summed E-state index contributed by atoms with van der Waals surface area (Å²) >= 11 is 0. The lowest BCUT2D eigenvalue weighted by atomic mass is 9.99. The summed E-state index contributed by atoms with van der Waals surface area (Å²) in [5.74, 6) is 3.56. The Labute approximate surface area is 151 Å². The molecule has 1 aliphatic carbocycles. The molecule has 1 saturated carbocycles. The minimum atomic E-state index is 0.451. The molecule has 2 aliphatic rings. The van der Waals surface area contributed by atoms with Crippen LogP contribution in [0.2, 0.25) is 0 Å². The molecule has 3 aromatic heterocycles. The van der Waals surface area contributed by atoms with E-state index in [1.54, 1.807) is 18.6 Å². The van der Waals surface area contributed by atoms with Crippen molar-refractivity contribution in [3.63, 3.8) is 0 Å². The Hall–Kier alpha value is -2.77. The lowest BCUT2D eigenvalue weighted by Crippen LogP contribution is -2.38. The lowest BCUT2D eigenvalue weighted by molar-refractivity contribution is 0.220. The summed E-state index contributed by atoms with van der Waals surface area (Å²) in [6.45, 7) is 2.60. The van der Waals surface area contributed by atoms with Gasteiger partial charge in [0, 0.05) is 37.3 Å². The Morgan fingerprint density at radius 3 is 2.92 bits per heavy atom. The molecule has 0 N–H and O–H groups in total. The van der Waals surface area contributed by atoms with Gasteiger partial charge < -0.3 is 9.64 Å². The maximum absolute atomic E-state index is 5.80. The van der Waals surface area contributed by atoms with Gasteiger partial charge in [-0.25, -0.2) is 4.98 Å². The summed E-state index contributed by atoms with van der Waals surface area (Å²) in [7, 11) is 0. The van der Waals surface area contributed by atoms with Crippen molar-refractivity contribution in [1.82, 2.24) is 29.8 Å². The van der Waals surface area contributed by atoms with Crippen LogP contribution in [0.4, 0.5) is 5.82 Å². The number of fused-ring (bicyclic) bond motifs is 1. The van der Waals surface area contributed by atoms with E-state index in [-0.39, 0.29) is 0 Å². The third kappa shape index (κ3) is 3.07. The molecule has 4 heterocycles. The summed E-state index contributed by atoms with van der Waals surface area (Å²) < 4.78 is 7.72. The van der Waals surface area contributed by atoms with Crippen molar-refractivity contribution in [2.75, 3.05) is 24.6 Å². The zero-order valence-electron chi connectivity index (χ0n) is 14.5. The van der Waals surface area contributed by atoms with Gasteiger partial charge >= 0.3 is 0 Å². The van der Waals surface area contributed by atoms with Crippen LogP contribution >= 0.6 is 0 Å². The van der Waals surface area contributed by atoms with Crippen molar-refractivity contribution in [3.8, 4) is 5.88 Å². The highest BCUT2D eigenvalue weighted by atomic mass is 16.5. The zero-order valence-corrected chi connectivity index (χ0v) is 14.5. The van der Waals surface area contributed by atoms with Crippen LogP contribution in [0.5, 0.6) is 5.88 Å². The van der Waals surface area contributed by atoms with E-state index in [4.69, 9.17) is 9.84 Å². The van der Waals surface area contributed by atoms with Gasteiger partial charge in [0.05, 0.1) is 12.8 Å². The fourth-order valence-corrected chi connectivity index (χ4v) is 3.53. The quantitative estimate of drug-likeness (QED) is 0.696. The fourth-order valence-electron chi connectivity index (χ4n) is 3.53. The molecule has 0 spiro atoms. The van der Waals surface area contributed by atoms with E-state index in [1.165, 1.54) is 12.8 Å². The SMILES string of the molecule is c1cnc(OCC2CCCN(c3ccc4nnc(C5CC5)n4n3)C2)cn1. The number of ether oxygens (including phenoxy) is 1. The molecule has 26 heavy (non-hydrogen) atoms. The van der Waals surface area contributed by atoms with Gasteiger partial charge in [-0.15, -0.1) is 15.3 Å². The van der Waals surface area contributed by atoms with Crippen LogP contribution < -0.4 is 9.64 Å². The normalized spacial score (nSPS) is 20.5. The van der Waals surface area contributed by atoms with E-state index in [0.717, 1.165) is 43.2 Å². The minimum absolute atomic E-state index is 0.451. The first-order chi connectivity index (χ1) is 12.9. The van der Waals surface area contributed by atoms with E-state index in [1.807, 2.05) is 16.6 Å². The monoisotopic (exact) mass is 351 g/mol. The van der Waals surface area contributed by atoms with Gasteiger partial charge in [-0.2, -0.15) is 4.52 Å². The summed E-state index contributed by atoms with van der Waals surface area (Å²) in [5, 5.41) is 13.4. The van der Waals surface area contributed by atoms with Crippen molar-refractivity contribution in [2.45, 2.75) is 31.6 Å². The van der Waals surface area contributed by atoms with Gasteiger partial charge in [0.2, 0.25) is 5.88 Å². The third-order valence-electron chi connectivity index (χ3n) is 5.06. The number of hydrogen-bond donors (Lipinski definition) is 0. The van der Waals surface area contributed by atoms with Crippen LogP contribution in [-0.4, -0.2) is 49.5 Å². The fraction of sp³-hybridized carbons (Fsp3) is 0.500. The number of anilines is 1. The Kier molecular flexibility index (Phi) is 3.88. The van der Waals surface area contributed by atoms with Crippen molar-refractivity contribution in [1.29, 1.82) is 0 Å². The lowest BCUT2D eigenvalue weighted by Gasteiger charge is -2.33. The Morgan fingerprint density at radius 2 is 2.08 bits per heavy atom. The maximum Gasteiger partial charge on any atom is 0.232 e. The van der Waals surface area contributed by atoms with E-state index in [2.05, 4.69) is 25.1 Å². The molecular formula is C18H21N7O. The van der Waals surface area contributed by atoms with Gasteiger partial charge in [-0.05, 0) is 37.8 Å². The maximum atomic E-state index is 5.80. The molecule has 8 nitrogen and oxygen atoms in total. The van der Waals surface area contributed by atoms with Crippen LogP contribution in [0.1, 0.15) is 37.4 Å². The van der Waals surface area contributed by atoms with Crippen LogP contribution in [0, 0.1) is 5.92 Å². The van der Waals surface area contributed by atoms with Crippen LogP contribution in [0.15, 0.2) is 30.7 Å². The Balaban J connectivity index is 1.30. The molecule has 1 aliphatic heterocycles. The predicted octanol–water partition coefficient (Wildman–Crippen LogP) is 2.09. The summed E-state index contributed by atoms with van der Waals surface area (Å²) in [4.78, 5) is 10.6. The van der Waals surface area contributed by atoms with Gasteiger partial charge in [0.1, 0.15) is 5.82 Å². The molecule has 1 unspecified atom stereocenters. The largest absolute Gasteiger partial charge is 0.476 e. The molecule has 0 aromatic carbocycles. The first-order valence-electron chi connectivity index (χ1n) is 9.23. The second-order valence-corrected chi connectivity index (χ2v) is 7.10. The number of aromatic nitrogens is 6. The number of hydrogen-bond acceptors (Lipinski definition) is 7. The Bertz CT molecular complexity index is 893. The molecule has 0 amide bonds. The molecule has 5 rings (SSSR count). The number of piperidine rings is 1. The average molecular weight is 351 g/mol. The first-order valence-corrected chi connectivity index (χ1v) is 9.23. The smallest absolute Gasteiger partial charge is 0.232 e. The second kappa shape index (κ2) is 6.51. The molecule has 2 fully saturated rings. The first kappa shape index (κ1) is 15.5. The van der Waals surface area contributed by atoms with Crippen LogP contribution in [0.25, 0.3) is 5.65 Å². The summed E-state index contributed by atoms with van der Waals surface area (Å²) in [6.07, 6.45) is 9.62. The van der Waals surface area contributed by atoms with Crippen molar-refractivity contribution < 1.29 is 4.74 Å². The Morgan fingerprint density at radius 1 is 1.12 bits per heavy atom. The van der Waals surface area contributed by atoms with Gasteiger partial charge in [-0.3, -0.25) is 4.98 Å². The standard InChI is InChI=1S/C18H21N7O/c1-2-13(12-26-17-10-19-7-8-20-17)11-24(9-1)16-6-5-15-21-22-18(14-3-4-14)25(15)23-16/h5-8,10,13-14H,1-4,9,11-12H2. The van der Waals surface area contributed by atoms with Gasteiger partial charge in [0.25, 0.3) is 0 Å². The van der Waals surface area contributed by atoms with Crippen molar-refractivity contribution in [3.05, 3.63) is 36.5 Å². The summed E-state index contributed by atoms with van der Waals surface area (Å²) in [5.41, 5.74) is 0.829. The molecule has 8 heteroatoms. The number of rotatable bonds is 5. The summed E-state index contributed by atoms with van der Waals surface area (Å²) in [6, 6.07) is 4.06. The highest BCUT2D eigenvalue weighted by Gasteiger charge is 2.30. The van der Waals surface area contributed by atoms with Crippen LogP contribution in [-0.2, 0) is 0 Å². The van der Waals surface area contributed by atoms with Crippen molar-refractivity contribution >= 4 is 11.5 Å². The molecule has 0 radical (unpaired) electrons. The molecule has 134 valence electrons. The molecular weight excluding hydrogens is 330 g/mol. The van der Waals surface area contributed by atoms with E-state index >= 15 is 0 Å². The van der Waals surface area contributed by atoms with E-state index in [0.29, 0.717) is 24.3 Å². The highest BCUT2D eigenvalue weighted by Crippen LogP contribution is 2.38. The van der Waals surface area contributed by atoms with Crippen molar-refractivity contribution in [2.24, 2.45) is 5.92 Å². The third-order valence-corrected chi connectivity index (χ3v) is 5.06. The second-order valence-electron chi connectivity index (χ2n) is 7.10. The minimum Gasteiger partial charge on any atom is -0.476 e. The molecule has 0 bridgehead atoms. The topological polar surface area (TPSA) is 81.3 Å². The average Bonchev–Trinajstić information content (AvgIpc) is 3.46. The predicted molar refractivity (Wildman–Crippen MR) is 95.2 cm³/mol. The molecule has 1 saturated heterocycles. The highest BCUT2D eigenvalue weighted by molar-refractivity contribution is 5.46.